The summed E-state index contributed by atoms with van der Waals surface area (Å²) in [4.78, 5) is 9.92. The van der Waals surface area contributed by atoms with Crippen LogP contribution in [0.5, 0.6) is 0 Å². The van der Waals surface area contributed by atoms with Crippen LogP contribution in [0.1, 0.15) is 32.0 Å². The molecule has 8 heteroatoms. The zero-order valence-electron chi connectivity index (χ0n) is 23.1. The zero-order valence-corrected chi connectivity index (χ0v) is 23.1. The molecule has 0 atom stereocenters. The Morgan fingerprint density at radius 1 is 0.732 bits per heavy atom. The van der Waals surface area contributed by atoms with Crippen molar-refractivity contribution in [3.63, 3.8) is 0 Å². The summed E-state index contributed by atoms with van der Waals surface area (Å²) in [6.07, 6.45) is 0.601. The van der Waals surface area contributed by atoms with Crippen molar-refractivity contribution in [2.45, 2.75) is 32.6 Å². The Morgan fingerprint density at radius 3 is 2.05 bits per heavy atom. The van der Waals surface area contributed by atoms with Crippen LogP contribution in [0.3, 0.4) is 0 Å². The third-order valence-corrected chi connectivity index (χ3v) is 6.90. The minimum absolute atomic E-state index is 0.241. The van der Waals surface area contributed by atoms with E-state index in [1.807, 2.05) is 54.6 Å². The number of nitrogens with one attached hydrogen (secondary N) is 2. The number of benzene rings is 4. The van der Waals surface area contributed by atoms with Gasteiger partial charge in [0.15, 0.2) is 11.6 Å². The third kappa shape index (κ3) is 5.72. The highest BCUT2D eigenvalue weighted by Gasteiger charge is 2.22. The number of hydrogen-bond acceptors (Lipinski definition) is 5. The minimum atomic E-state index is -0.349. The summed E-state index contributed by atoms with van der Waals surface area (Å²) in [5.41, 5.74) is 3.54. The van der Waals surface area contributed by atoms with Crippen LogP contribution in [0.4, 0.5) is 26.2 Å². The summed E-state index contributed by atoms with van der Waals surface area (Å²) >= 11 is 0. The summed E-state index contributed by atoms with van der Waals surface area (Å²) in [6, 6.07) is 27.0. The van der Waals surface area contributed by atoms with Crippen molar-refractivity contribution in [2.75, 3.05) is 17.2 Å². The molecule has 2 N–H and O–H groups in total. The fraction of sp³-hybridized carbons (Fsp3) is 0.182. The largest absolute Gasteiger partial charge is 0.367 e. The molecule has 41 heavy (non-hydrogen) atoms. The molecule has 0 spiro atoms. The van der Waals surface area contributed by atoms with Crippen molar-refractivity contribution in [3.05, 3.63) is 114 Å². The van der Waals surface area contributed by atoms with E-state index in [1.165, 1.54) is 24.3 Å². The molecule has 0 saturated carbocycles. The first kappa shape index (κ1) is 26.4. The molecule has 0 aliphatic heterocycles. The first-order valence-electron chi connectivity index (χ1n) is 13.6. The number of fused-ring (bicyclic) bond motifs is 2. The lowest BCUT2D eigenvalue weighted by atomic mass is 9.92. The van der Waals surface area contributed by atoms with E-state index in [-0.39, 0.29) is 17.0 Å². The smallest absolute Gasteiger partial charge is 0.175 e. The minimum Gasteiger partial charge on any atom is -0.367 e. The number of aromatic nitrogens is 4. The van der Waals surface area contributed by atoms with Gasteiger partial charge in [-0.05, 0) is 65.2 Å². The van der Waals surface area contributed by atoms with Crippen LogP contribution in [-0.2, 0) is 11.8 Å². The average Bonchev–Trinajstić information content (AvgIpc) is 3.37. The first-order chi connectivity index (χ1) is 19.7. The summed E-state index contributed by atoms with van der Waals surface area (Å²) in [5.74, 6) is 1.07. The molecule has 4 aromatic carbocycles. The first-order valence-corrected chi connectivity index (χ1v) is 13.6. The fourth-order valence-electron chi connectivity index (χ4n) is 4.73. The highest BCUT2D eigenvalue weighted by molar-refractivity contribution is 5.96. The maximum absolute atomic E-state index is 14.2. The van der Waals surface area contributed by atoms with Gasteiger partial charge >= 0.3 is 0 Å². The maximum atomic E-state index is 14.2. The van der Waals surface area contributed by atoms with Crippen molar-refractivity contribution >= 4 is 39.3 Å². The lowest BCUT2D eigenvalue weighted by molar-refractivity contribution is 0.560. The lowest BCUT2D eigenvalue weighted by Crippen LogP contribution is -2.13. The van der Waals surface area contributed by atoms with E-state index in [4.69, 9.17) is 15.1 Å². The summed E-state index contributed by atoms with van der Waals surface area (Å²) in [7, 11) is 0. The highest BCUT2D eigenvalue weighted by atomic mass is 19.1. The molecule has 2 aromatic heterocycles. The van der Waals surface area contributed by atoms with Gasteiger partial charge in [-0.1, -0.05) is 63.2 Å². The molecular formula is C33H30F2N6. The Bertz CT molecular complexity index is 1870. The van der Waals surface area contributed by atoms with E-state index in [2.05, 4.69) is 31.4 Å². The Labute approximate surface area is 237 Å². The Balaban J connectivity index is 1.43. The van der Waals surface area contributed by atoms with Gasteiger partial charge in [0, 0.05) is 18.0 Å². The maximum Gasteiger partial charge on any atom is 0.175 e. The molecule has 2 heterocycles. The zero-order chi connectivity index (χ0) is 28.6. The van der Waals surface area contributed by atoms with Gasteiger partial charge in [0.1, 0.15) is 17.5 Å². The standard InChI is InChI=1S/C33H30F2N6/c1-33(2,3)29-20-30(41(40-29)26-13-7-12-25(35)19-26)39-32-31(36-15-14-21-8-6-11-24(34)16-21)37-27-17-22-9-4-5-10-23(22)18-28(27)38-32/h4-13,16-20H,14-15H2,1-3H3,(H,36,37)(H,38,39). The monoisotopic (exact) mass is 548 g/mol. The third-order valence-electron chi connectivity index (χ3n) is 6.90. The van der Waals surface area contributed by atoms with Crippen molar-refractivity contribution in [1.82, 2.24) is 19.7 Å². The fourth-order valence-corrected chi connectivity index (χ4v) is 4.73. The van der Waals surface area contributed by atoms with Gasteiger partial charge in [-0.2, -0.15) is 5.10 Å². The van der Waals surface area contributed by atoms with Crippen LogP contribution in [-0.4, -0.2) is 26.3 Å². The number of anilines is 3. The van der Waals surface area contributed by atoms with Gasteiger partial charge < -0.3 is 10.6 Å². The summed E-state index contributed by atoms with van der Waals surface area (Å²) < 4.78 is 29.6. The summed E-state index contributed by atoms with van der Waals surface area (Å²) in [5, 5.41) is 13.8. The number of hydrogen-bond donors (Lipinski definition) is 2. The second-order valence-corrected chi connectivity index (χ2v) is 11.1. The van der Waals surface area contributed by atoms with E-state index in [0.717, 1.165) is 33.1 Å². The number of nitrogens with zero attached hydrogens (tertiary/aromatic N) is 4. The lowest BCUT2D eigenvalue weighted by Gasteiger charge is -2.15. The number of halogens is 2. The quantitative estimate of drug-likeness (QED) is 0.198. The van der Waals surface area contributed by atoms with Crippen LogP contribution >= 0.6 is 0 Å². The topological polar surface area (TPSA) is 67.7 Å². The van der Waals surface area contributed by atoms with Crippen molar-refractivity contribution in [2.24, 2.45) is 0 Å². The second-order valence-electron chi connectivity index (χ2n) is 11.1. The normalized spacial score (nSPS) is 11.7. The Morgan fingerprint density at radius 2 is 1.39 bits per heavy atom. The molecule has 0 amide bonds. The van der Waals surface area contributed by atoms with Gasteiger partial charge in [0.25, 0.3) is 0 Å². The highest BCUT2D eigenvalue weighted by Crippen LogP contribution is 2.31. The van der Waals surface area contributed by atoms with Gasteiger partial charge in [-0.25, -0.2) is 23.4 Å². The van der Waals surface area contributed by atoms with Crippen LogP contribution in [0.2, 0.25) is 0 Å². The van der Waals surface area contributed by atoms with E-state index in [9.17, 15) is 8.78 Å². The van der Waals surface area contributed by atoms with E-state index < -0.39 is 0 Å². The van der Waals surface area contributed by atoms with Gasteiger partial charge in [0.2, 0.25) is 0 Å². The molecule has 6 rings (SSSR count). The molecule has 206 valence electrons. The summed E-state index contributed by atoms with van der Waals surface area (Å²) in [6.45, 7) is 6.75. The predicted molar refractivity (Wildman–Crippen MR) is 161 cm³/mol. The van der Waals surface area contributed by atoms with Crippen molar-refractivity contribution in [3.8, 4) is 5.69 Å². The molecule has 0 aliphatic rings. The van der Waals surface area contributed by atoms with E-state index in [0.29, 0.717) is 36.1 Å². The van der Waals surface area contributed by atoms with E-state index in [1.54, 1.807) is 16.8 Å². The molecule has 0 fully saturated rings. The average molecular weight is 549 g/mol. The van der Waals surface area contributed by atoms with Gasteiger partial charge in [-0.15, -0.1) is 0 Å². The molecule has 6 aromatic rings. The molecule has 6 nitrogen and oxygen atoms in total. The molecular weight excluding hydrogens is 518 g/mol. The van der Waals surface area contributed by atoms with Gasteiger partial charge in [-0.3, -0.25) is 0 Å². The predicted octanol–water partition coefficient (Wildman–Crippen LogP) is 7.94. The Hall–Kier alpha value is -4.85. The van der Waals surface area contributed by atoms with Crippen LogP contribution < -0.4 is 10.6 Å². The number of rotatable bonds is 7. The van der Waals surface area contributed by atoms with Crippen LogP contribution in [0.25, 0.3) is 27.5 Å². The SMILES string of the molecule is CC(C)(C)c1cc(Nc2nc3cc4ccccc4cc3nc2NCCc2cccc(F)c2)n(-c2cccc(F)c2)n1. The van der Waals surface area contributed by atoms with Crippen molar-refractivity contribution < 1.29 is 8.78 Å². The van der Waals surface area contributed by atoms with Gasteiger partial charge in [0.05, 0.1) is 22.4 Å². The van der Waals surface area contributed by atoms with Crippen LogP contribution in [0, 0.1) is 11.6 Å². The van der Waals surface area contributed by atoms with E-state index >= 15 is 0 Å². The van der Waals surface area contributed by atoms with Crippen molar-refractivity contribution in [1.29, 1.82) is 0 Å². The molecule has 0 bridgehead atoms. The van der Waals surface area contributed by atoms with Crippen LogP contribution in [0.15, 0.2) is 91.0 Å². The second kappa shape index (κ2) is 10.6. The molecule has 0 saturated heterocycles. The molecule has 0 aliphatic carbocycles. The molecule has 0 radical (unpaired) electrons. The Kier molecular flexibility index (Phi) is 6.83. The molecule has 0 unspecified atom stereocenters.